The molecular formula is C18H19N. The molecule has 2 rings (SSSR count). The second-order valence-corrected chi connectivity index (χ2v) is 4.78. The number of aryl methyl sites for hydroxylation is 1. The summed E-state index contributed by atoms with van der Waals surface area (Å²) in [6.45, 7) is 7.96. The van der Waals surface area contributed by atoms with Gasteiger partial charge in [-0.1, -0.05) is 67.1 Å². The molecule has 19 heavy (non-hydrogen) atoms. The van der Waals surface area contributed by atoms with Crippen molar-refractivity contribution in [2.75, 3.05) is 0 Å². The molecule has 1 atom stereocenters. The molecule has 0 amide bonds. The van der Waals surface area contributed by atoms with Gasteiger partial charge in [-0.25, -0.2) is 0 Å². The van der Waals surface area contributed by atoms with E-state index in [1.165, 1.54) is 11.1 Å². The molecule has 2 aromatic rings. The fourth-order valence-electron chi connectivity index (χ4n) is 2.13. The topological polar surface area (TPSA) is 12.4 Å². The molecule has 96 valence electrons. The average molecular weight is 249 g/mol. The number of nitrogens with zero attached hydrogens (tertiary/aromatic N) is 1. The molecule has 0 aliphatic carbocycles. The lowest BCUT2D eigenvalue weighted by Gasteiger charge is -2.09. The molecule has 0 radical (unpaired) electrons. The average Bonchev–Trinajstić information content (AvgIpc) is 2.45. The highest BCUT2D eigenvalue weighted by atomic mass is 14.7. The van der Waals surface area contributed by atoms with E-state index in [0.29, 0.717) is 5.92 Å². The van der Waals surface area contributed by atoms with E-state index in [2.05, 4.69) is 80.2 Å². The maximum Gasteiger partial charge on any atom is 0.0661 e. The molecule has 0 heterocycles. The van der Waals surface area contributed by atoms with Crippen LogP contribution >= 0.6 is 0 Å². The van der Waals surface area contributed by atoms with Crippen LogP contribution in [0.5, 0.6) is 0 Å². The lowest BCUT2D eigenvalue weighted by Crippen LogP contribution is -1.91. The maximum atomic E-state index is 4.18. The fourth-order valence-corrected chi connectivity index (χ4v) is 2.13. The van der Waals surface area contributed by atoms with Gasteiger partial charge in [0.05, 0.1) is 5.70 Å². The third-order valence-corrected chi connectivity index (χ3v) is 3.22. The summed E-state index contributed by atoms with van der Waals surface area (Å²) in [4.78, 5) is 4.18. The summed E-state index contributed by atoms with van der Waals surface area (Å²) in [6.07, 6.45) is 2.16. The number of aliphatic imine (C=N–C) groups is 1. The van der Waals surface area contributed by atoms with E-state index in [9.17, 15) is 0 Å². The van der Waals surface area contributed by atoms with Gasteiger partial charge < -0.3 is 0 Å². The first kappa shape index (κ1) is 13.3. The Morgan fingerprint density at radius 2 is 1.84 bits per heavy atom. The van der Waals surface area contributed by atoms with Gasteiger partial charge in [-0.15, -0.1) is 0 Å². The van der Waals surface area contributed by atoms with E-state index in [1.54, 1.807) is 0 Å². The van der Waals surface area contributed by atoms with Crippen LogP contribution in [0, 0.1) is 6.92 Å². The lowest BCUT2D eigenvalue weighted by molar-refractivity contribution is 0.967. The Labute approximate surface area is 115 Å². The minimum absolute atomic E-state index is 0.321. The van der Waals surface area contributed by atoms with Crippen LogP contribution in [0.4, 0.5) is 0 Å². The third-order valence-electron chi connectivity index (χ3n) is 3.22. The highest BCUT2D eigenvalue weighted by Crippen LogP contribution is 2.24. The molecule has 0 saturated heterocycles. The van der Waals surface area contributed by atoms with Crippen LogP contribution < -0.4 is 0 Å². The molecule has 0 bridgehead atoms. The molecule has 0 spiro atoms. The van der Waals surface area contributed by atoms with Crippen molar-refractivity contribution in [3.05, 3.63) is 77.4 Å². The van der Waals surface area contributed by atoms with Crippen molar-refractivity contribution >= 4 is 12.4 Å². The van der Waals surface area contributed by atoms with E-state index < -0.39 is 0 Å². The molecule has 1 nitrogen and oxygen atoms in total. The fraction of sp³-hybridized carbons (Fsp3) is 0.167. The van der Waals surface area contributed by atoms with Gasteiger partial charge in [0.25, 0.3) is 0 Å². The first-order chi connectivity index (χ1) is 9.20. The quantitative estimate of drug-likeness (QED) is 0.687. The SMILES string of the molecule is C=N/C(=C\C(C)c1ccccc1)c1cccc(C)c1. The number of hydrogen-bond acceptors (Lipinski definition) is 1. The molecule has 0 aliphatic rings. The van der Waals surface area contributed by atoms with Crippen molar-refractivity contribution in [3.8, 4) is 0 Å². The predicted octanol–water partition coefficient (Wildman–Crippen LogP) is 4.84. The van der Waals surface area contributed by atoms with Crippen LogP contribution in [0.1, 0.15) is 29.5 Å². The Balaban J connectivity index is 2.32. The van der Waals surface area contributed by atoms with Crippen LogP contribution in [-0.2, 0) is 0 Å². The zero-order valence-electron chi connectivity index (χ0n) is 11.5. The van der Waals surface area contributed by atoms with Gasteiger partial charge in [0.15, 0.2) is 0 Å². The van der Waals surface area contributed by atoms with Crippen LogP contribution in [0.25, 0.3) is 5.70 Å². The van der Waals surface area contributed by atoms with Gasteiger partial charge in [0.2, 0.25) is 0 Å². The van der Waals surface area contributed by atoms with Gasteiger partial charge in [-0.3, -0.25) is 4.99 Å². The van der Waals surface area contributed by atoms with Crippen LogP contribution in [0.15, 0.2) is 65.7 Å². The Morgan fingerprint density at radius 1 is 1.11 bits per heavy atom. The normalized spacial score (nSPS) is 13.1. The highest BCUT2D eigenvalue weighted by molar-refractivity contribution is 5.69. The van der Waals surface area contributed by atoms with Gasteiger partial charge >= 0.3 is 0 Å². The molecule has 1 unspecified atom stereocenters. The van der Waals surface area contributed by atoms with Gasteiger partial charge in [0.1, 0.15) is 0 Å². The van der Waals surface area contributed by atoms with Crippen LogP contribution in [-0.4, -0.2) is 6.72 Å². The maximum absolute atomic E-state index is 4.18. The van der Waals surface area contributed by atoms with E-state index in [-0.39, 0.29) is 0 Å². The first-order valence-corrected chi connectivity index (χ1v) is 6.51. The molecule has 1 heteroatoms. The van der Waals surface area contributed by atoms with Gasteiger partial charge in [-0.2, -0.15) is 0 Å². The second kappa shape index (κ2) is 6.14. The van der Waals surface area contributed by atoms with Gasteiger partial charge in [-0.05, 0) is 25.3 Å². The Hall–Kier alpha value is -2.15. The van der Waals surface area contributed by atoms with Crippen molar-refractivity contribution in [2.24, 2.45) is 4.99 Å². The van der Waals surface area contributed by atoms with E-state index in [1.807, 2.05) is 6.07 Å². The summed E-state index contributed by atoms with van der Waals surface area (Å²) >= 11 is 0. The standard InChI is InChI=1S/C18H19N/c1-14-8-7-11-17(12-14)18(19-3)13-15(2)16-9-5-4-6-10-16/h4-13,15H,3H2,1-2H3/b18-13-. The molecule has 2 aromatic carbocycles. The number of allylic oxidation sites excluding steroid dienone is 1. The number of benzene rings is 2. The predicted molar refractivity (Wildman–Crippen MR) is 83.6 cm³/mol. The Kier molecular flexibility index (Phi) is 4.30. The first-order valence-electron chi connectivity index (χ1n) is 6.51. The Bertz CT molecular complexity index is 582. The van der Waals surface area contributed by atoms with Crippen molar-refractivity contribution in [2.45, 2.75) is 19.8 Å². The van der Waals surface area contributed by atoms with Crippen LogP contribution in [0.3, 0.4) is 0 Å². The van der Waals surface area contributed by atoms with Crippen molar-refractivity contribution < 1.29 is 0 Å². The molecule has 0 fully saturated rings. The minimum Gasteiger partial charge on any atom is -0.264 e. The summed E-state index contributed by atoms with van der Waals surface area (Å²) in [6, 6.07) is 18.8. The molecule has 0 N–H and O–H groups in total. The highest BCUT2D eigenvalue weighted by Gasteiger charge is 2.05. The summed E-state index contributed by atoms with van der Waals surface area (Å²) < 4.78 is 0. The van der Waals surface area contributed by atoms with E-state index >= 15 is 0 Å². The number of rotatable bonds is 4. The molecule has 0 aliphatic heterocycles. The summed E-state index contributed by atoms with van der Waals surface area (Å²) in [5.74, 6) is 0.321. The van der Waals surface area contributed by atoms with Crippen LogP contribution in [0.2, 0.25) is 0 Å². The van der Waals surface area contributed by atoms with E-state index in [0.717, 1.165) is 11.3 Å². The second-order valence-electron chi connectivity index (χ2n) is 4.78. The van der Waals surface area contributed by atoms with E-state index in [4.69, 9.17) is 0 Å². The smallest absolute Gasteiger partial charge is 0.0661 e. The molecule has 0 aromatic heterocycles. The summed E-state index contributed by atoms with van der Waals surface area (Å²) in [5, 5.41) is 0. The minimum atomic E-state index is 0.321. The number of hydrogen-bond donors (Lipinski definition) is 0. The lowest BCUT2D eigenvalue weighted by atomic mass is 9.98. The third kappa shape index (κ3) is 3.41. The zero-order chi connectivity index (χ0) is 13.7. The monoisotopic (exact) mass is 249 g/mol. The molecular weight excluding hydrogens is 230 g/mol. The Morgan fingerprint density at radius 3 is 2.47 bits per heavy atom. The summed E-state index contributed by atoms with van der Waals surface area (Å²) in [5.41, 5.74) is 4.59. The van der Waals surface area contributed by atoms with Crippen molar-refractivity contribution in [1.82, 2.24) is 0 Å². The summed E-state index contributed by atoms with van der Waals surface area (Å²) in [7, 11) is 0. The zero-order valence-corrected chi connectivity index (χ0v) is 11.5. The van der Waals surface area contributed by atoms with Crippen molar-refractivity contribution in [1.29, 1.82) is 0 Å². The molecule has 0 saturated carbocycles. The van der Waals surface area contributed by atoms with Crippen molar-refractivity contribution in [3.63, 3.8) is 0 Å². The van der Waals surface area contributed by atoms with Gasteiger partial charge in [0, 0.05) is 11.5 Å². The largest absolute Gasteiger partial charge is 0.264 e.